The molecule has 7 nitrogen and oxygen atoms in total. The van der Waals surface area contributed by atoms with Gasteiger partial charge in [-0.3, -0.25) is 10.2 Å². The van der Waals surface area contributed by atoms with Gasteiger partial charge in [-0.05, 0) is 68.3 Å². The Balaban J connectivity index is 1.56. The van der Waals surface area contributed by atoms with Crippen molar-refractivity contribution in [2.45, 2.75) is 52.6 Å². The number of carbonyl (C=O) groups is 2. The summed E-state index contributed by atoms with van der Waals surface area (Å²) in [6.45, 7) is 12.6. The van der Waals surface area contributed by atoms with Gasteiger partial charge in [-0.15, -0.1) is 0 Å². The van der Waals surface area contributed by atoms with Gasteiger partial charge in [0.2, 0.25) is 0 Å². The molecule has 0 unspecified atom stereocenters. The van der Waals surface area contributed by atoms with E-state index >= 15 is 0 Å². The molecular formula is C30H35N3O4. The lowest BCUT2D eigenvalue weighted by atomic mass is 10.0. The number of anilines is 3. The average Bonchev–Trinajstić information content (AvgIpc) is 3.28. The van der Waals surface area contributed by atoms with Crippen LogP contribution in [0.2, 0.25) is 0 Å². The van der Waals surface area contributed by atoms with Crippen LogP contribution in [-0.2, 0) is 11.2 Å². The van der Waals surface area contributed by atoms with Crippen LogP contribution < -0.4 is 20.3 Å². The number of fused-ring (bicyclic) bond motifs is 3. The van der Waals surface area contributed by atoms with Gasteiger partial charge in [-0.25, -0.2) is 9.59 Å². The van der Waals surface area contributed by atoms with Crippen molar-refractivity contribution in [1.29, 1.82) is 0 Å². The van der Waals surface area contributed by atoms with E-state index in [2.05, 4.69) is 36.3 Å². The number of hydrogen-bond acceptors (Lipinski definition) is 4. The van der Waals surface area contributed by atoms with E-state index in [0.29, 0.717) is 30.1 Å². The lowest BCUT2D eigenvalue weighted by molar-refractivity contribution is 0.0636. The van der Waals surface area contributed by atoms with Crippen LogP contribution in [0.4, 0.5) is 26.7 Å². The number of amides is 3. The molecule has 194 valence electrons. The first kappa shape index (κ1) is 26.1. The average molecular weight is 502 g/mol. The summed E-state index contributed by atoms with van der Waals surface area (Å²) in [6, 6.07) is 15.2. The molecule has 0 radical (unpaired) electrons. The number of hydrogen-bond donors (Lipinski definition) is 2. The van der Waals surface area contributed by atoms with Crippen molar-refractivity contribution in [3.63, 3.8) is 0 Å². The van der Waals surface area contributed by atoms with Crippen LogP contribution in [-0.4, -0.2) is 30.9 Å². The first-order valence-electron chi connectivity index (χ1n) is 12.7. The zero-order valence-electron chi connectivity index (χ0n) is 22.0. The number of benzene rings is 3. The Hall–Kier alpha value is -4.00. The molecule has 0 bridgehead atoms. The summed E-state index contributed by atoms with van der Waals surface area (Å²) in [5.74, 6) is 0.798. The van der Waals surface area contributed by atoms with Crippen LogP contribution in [0.5, 0.6) is 5.75 Å². The number of nitrogens with one attached hydrogen (secondary N) is 2. The maximum absolute atomic E-state index is 13.4. The highest BCUT2D eigenvalue weighted by molar-refractivity contribution is 6.07. The fraction of sp³-hybridized carbons (Fsp3) is 0.333. The molecule has 0 spiro atoms. The summed E-state index contributed by atoms with van der Waals surface area (Å²) >= 11 is 0. The van der Waals surface area contributed by atoms with E-state index < -0.39 is 11.7 Å². The summed E-state index contributed by atoms with van der Waals surface area (Å²) in [6.07, 6.45) is 3.89. The van der Waals surface area contributed by atoms with Gasteiger partial charge < -0.3 is 14.8 Å². The van der Waals surface area contributed by atoms with Crippen LogP contribution in [0.15, 0.2) is 55.1 Å². The van der Waals surface area contributed by atoms with Crippen molar-refractivity contribution >= 4 is 46.0 Å². The van der Waals surface area contributed by atoms with Crippen molar-refractivity contribution in [2.24, 2.45) is 0 Å². The van der Waals surface area contributed by atoms with E-state index in [0.717, 1.165) is 47.0 Å². The van der Waals surface area contributed by atoms with E-state index in [1.807, 2.05) is 18.2 Å². The predicted octanol–water partition coefficient (Wildman–Crippen LogP) is 7.60. The van der Waals surface area contributed by atoms with Crippen LogP contribution in [0.1, 0.15) is 51.7 Å². The first-order chi connectivity index (χ1) is 17.7. The smallest absolute Gasteiger partial charge is 0.412 e. The maximum atomic E-state index is 13.4. The van der Waals surface area contributed by atoms with Gasteiger partial charge in [0.25, 0.3) is 0 Å². The van der Waals surface area contributed by atoms with Crippen molar-refractivity contribution in [2.75, 3.05) is 28.7 Å². The number of unbranched alkanes of at least 4 members (excludes halogenated alkanes) is 1. The minimum absolute atomic E-state index is 0.232. The van der Waals surface area contributed by atoms with Crippen LogP contribution in [0, 0.1) is 0 Å². The monoisotopic (exact) mass is 501 g/mol. The number of rotatable bonds is 7. The second kappa shape index (κ2) is 10.9. The molecule has 37 heavy (non-hydrogen) atoms. The van der Waals surface area contributed by atoms with E-state index in [4.69, 9.17) is 9.47 Å². The highest BCUT2D eigenvalue weighted by Gasteiger charge is 2.28. The lowest BCUT2D eigenvalue weighted by Gasteiger charge is -2.21. The first-order valence-corrected chi connectivity index (χ1v) is 12.7. The van der Waals surface area contributed by atoms with Crippen molar-refractivity contribution in [3.05, 3.63) is 66.2 Å². The van der Waals surface area contributed by atoms with Crippen LogP contribution >= 0.6 is 0 Å². The fourth-order valence-electron chi connectivity index (χ4n) is 4.42. The van der Waals surface area contributed by atoms with E-state index in [1.54, 1.807) is 49.9 Å². The summed E-state index contributed by atoms with van der Waals surface area (Å²) < 4.78 is 11.4. The number of nitrogens with zero attached hydrogens (tertiary/aromatic N) is 1. The van der Waals surface area contributed by atoms with Crippen molar-refractivity contribution < 1.29 is 19.1 Å². The van der Waals surface area contributed by atoms with Crippen molar-refractivity contribution in [1.82, 2.24) is 0 Å². The summed E-state index contributed by atoms with van der Waals surface area (Å²) in [7, 11) is 0. The molecule has 1 aliphatic heterocycles. The van der Waals surface area contributed by atoms with Gasteiger partial charge >= 0.3 is 12.1 Å². The SMILES string of the molecule is C=Cc1cc(NC(=O)OC(C)(C)C)ccc1NC(=O)N1CCc2c1cc(OCCCC)c1ccccc21. The lowest BCUT2D eigenvalue weighted by Crippen LogP contribution is -2.33. The summed E-state index contributed by atoms with van der Waals surface area (Å²) in [5.41, 5.74) is 3.25. The Bertz CT molecular complexity index is 1330. The quantitative estimate of drug-likeness (QED) is 0.327. The highest BCUT2D eigenvalue weighted by Crippen LogP contribution is 2.40. The maximum Gasteiger partial charge on any atom is 0.412 e. The third-order valence-corrected chi connectivity index (χ3v) is 6.13. The number of carbonyl (C=O) groups excluding carboxylic acids is 2. The summed E-state index contributed by atoms with van der Waals surface area (Å²) in [4.78, 5) is 27.3. The van der Waals surface area contributed by atoms with Gasteiger partial charge in [0.15, 0.2) is 0 Å². The molecule has 3 aromatic rings. The Labute approximate surface area is 218 Å². The zero-order valence-corrected chi connectivity index (χ0v) is 22.0. The normalized spacial score (nSPS) is 12.7. The van der Waals surface area contributed by atoms with Gasteiger partial charge in [-0.1, -0.05) is 50.3 Å². The molecule has 4 rings (SSSR count). The van der Waals surface area contributed by atoms with Crippen LogP contribution in [0.3, 0.4) is 0 Å². The molecule has 1 aliphatic rings. The third kappa shape index (κ3) is 6.05. The van der Waals surface area contributed by atoms with Gasteiger partial charge in [0, 0.05) is 29.4 Å². The van der Waals surface area contributed by atoms with E-state index in [9.17, 15) is 9.59 Å². The zero-order chi connectivity index (χ0) is 26.6. The molecule has 2 N–H and O–H groups in total. The standard InChI is InChI=1S/C30H35N3O4/c1-6-8-17-36-27-19-26-23(22-11-9-10-12-24(22)27)15-16-33(26)28(34)32-25-14-13-21(18-20(25)7-2)31-29(35)37-30(3,4)5/h7,9-14,18-19H,2,6,8,15-17H2,1,3-5H3,(H,31,35)(H,32,34). The largest absolute Gasteiger partial charge is 0.493 e. The van der Waals surface area contributed by atoms with Crippen LogP contribution in [0.25, 0.3) is 16.8 Å². The second-order valence-electron chi connectivity index (χ2n) is 10.1. The Morgan fingerprint density at radius 3 is 2.54 bits per heavy atom. The molecular weight excluding hydrogens is 466 g/mol. The second-order valence-corrected chi connectivity index (χ2v) is 10.1. The topological polar surface area (TPSA) is 79.9 Å². The predicted molar refractivity (Wildman–Crippen MR) is 151 cm³/mol. The van der Waals surface area contributed by atoms with E-state index in [1.165, 1.54) is 0 Å². The summed E-state index contributed by atoms with van der Waals surface area (Å²) in [5, 5.41) is 7.92. The Kier molecular flexibility index (Phi) is 7.71. The Morgan fingerprint density at radius 1 is 1.08 bits per heavy atom. The minimum Gasteiger partial charge on any atom is -0.493 e. The number of ether oxygens (including phenoxy) is 2. The van der Waals surface area contributed by atoms with E-state index in [-0.39, 0.29) is 6.03 Å². The molecule has 0 atom stereocenters. The third-order valence-electron chi connectivity index (χ3n) is 6.13. The Morgan fingerprint density at radius 2 is 1.84 bits per heavy atom. The van der Waals surface area contributed by atoms with Gasteiger partial charge in [0.1, 0.15) is 11.4 Å². The molecule has 0 fully saturated rings. The molecule has 0 aromatic heterocycles. The molecule has 7 heteroatoms. The molecule has 0 saturated carbocycles. The molecule has 3 aromatic carbocycles. The highest BCUT2D eigenvalue weighted by atomic mass is 16.6. The van der Waals surface area contributed by atoms with Gasteiger partial charge in [0.05, 0.1) is 12.3 Å². The van der Waals surface area contributed by atoms with Gasteiger partial charge in [-0.2, -0.15) is 0 Å². The fourth-order valence-corrected chi connectivity index (χ4v) is 4.42. The molecule has 1 heterocycles. The van der Waals surface area contributed by atoms with Crippen molar-refractivity contribution in [3.8, 4) is 5.75 Å². The number of urea groups is 1. The minimum atomic E-state index is -0.600. The molecule has 0 saturated heterocycles. The molecule has 3 amide bonds. The molecule has 0 aliphatic carbocycles.